The van der Waals surface area contributed by atoms with Crippen molar-refractivity contribution in [1.29, 1.82) is 0 Å². The van der Waals surface area contributed by atoms with Crippen molar-refractivity contribution in [2.24, 2.45) is 5.73 Å². The number of hydrogen-bond acceptors (Lipinski definition) is 2. The van der Waals surface area contributed by atoms with Gasteiger partial charge in [-0.2, -0.15) is 0 Å². The van der Waals surface area contributed by atoms with Gasteiger partial charge in [-0.05, 0) is 26.3 Å². The highest BCUT2D eigenvalue weighted by Gasteiger charge is 1.95. The van der Waals surface area contributed by atoms with Gasteiger partial charge in [-0.25, -0.2) is 0 Å². The van der Waals surface area contributed by atoms with Gasteiger partial charge in [0.1, 0.15) is 0 Å². The molecule has 0 spiro atoms. The van der Waals surface area contributed by atoms with Gasteiger partial charge in [-0.15, -0.1) is 0 Å². The molecule has 1 atom stereocenters. The van der Waals surface area contributed by atoms with Crippen molar-refractivity contribution in [3.8, 4) is 0 Å². The number of carbonyl (C=O) groups is 1. The van der Waals surface area contributed by atoms with Crippen molar-refractivity contribution in [2.75, 3.05) is 6.54 Å². The third-order valence-electron chi connectivity index (χ3n) is 3.80. The molecule has 0 fully saturated rings. The Kier molecular flexibility index (Phi) is 22.0. The quantitative estimate of drug-likeness (QED) is 0.434. The van der Waals surface area contributed by atoms with Crippen LogP contribution in [0, 0.1) is 0 Å². The first-order valence-corrected chi connectivity index (χ1v) is 9.60. The lowest BCUT2D eigenvalue weighted by Gasteiger charge is -2.08. The Hall–Kier alpha value is -0.570. The molecule has 0 aliphatic heterocycles. The lowest BCUT2D eigenvalue weighted by molar-refractivity contribution is -0.118. The second-order valence-electron chi connectivity index (χ2n) is 6.29. The van der Waals surface area contributed by atoms with Crippen molar-refractivity contribution in [2.45, 2.75) is 111 Å². The summed E-state index contributed by atoms with van der Waals surface area (Å²) < 4.78 is 0. The molecule has 0 saturated carbocycles. The summed E-state index contributed by atoms with van der Waals surface area (Å²) in [5.74, 6) is -0.159. The molecular weight excluding hydrogens is 272 g/mol. The van der Waals surface area contributed by atoms with Gasteiger partial charge < -0.3 is 11.1 Å². The highest BCUT2D eigenvalue weighted by Crippen LogP contribution is 2.10. The first-order valence-electron chi connectivity index (χ1n) is 9.60. The summed E-state index contributed by atoms with van der Waals surface area (Å²) in [6.45, 7) is 9.93. The van der Waals surface area contributed by atoms with Gasteiger partial charge in [0.15, 0.2) is 0 Å². The predicted octanol–water partition coefficient (Wildman–Crippen LogP) is 5.18. The molecule has 0 saturated heterocycles. The van der Waals surface area contributed by atoms with Crippen LogP contribution in [0.5, 0.6) is 0 Å². The van der Waals surface area contributed by atoms with Crippen LogP contribution in [0.25, 0.3) is 0 Å². The van der Waals surface area contributed by atoms with Gasteiger partial charge in [0.2, 0.25) is 5.91 Å². The molecule has 0 aromatic carbocycles. The minimum atomic E-state index is -0.159. The SMILES string of the molecule is CCCC(C)NCC.CCCCCCCCCCCC(N)=O. The highest BCUT2D eigenvalue weighted by atomic mass is 16.1. The second-order valence-corrected chi connectivity index (χ2v) is 6.29. The molecule has 0 aromatic rings. The molecule has 1 unspecified atom stereocenters. The summed E-state index contributed by atoms with van der Waals surface area (Å²) in [6, 6.07) is 0.713. The topological polar surface area (TPSA) is 55.1 Å². The molecule has 3 N–H and O–H groups in total. The average molecular weight is 315 g/mol. The van der Waals surface area contributed by atoms with Crippen LogP contribution in [0.4, 0.5) is 0 Å². The standard InChI is InChI=1S/C12H25NO.C7H17N/c1-2-3-4-5-6-7-8-9-10-11-12(13)14;1-4-6-7(3)8-5-2/h2-11H2,1H3,(H2,13,14);7-8H,4-6H2,1-3H3. The number of unbranched alkanes of at least 4 members (excludes halogenated alkanes) is 8. The molecule has 0 aromatic heterocycles. The van der Waals surface area contributed by atoms with E-state index in [1.165, 1.54) is 57.8 Å². The molecule has 0 rings (SSSR count). The molecule has 0 aliphatic rings. The van der Waals surface area contributed by atoms with Gasteiger partial charge in [0, 0.05) is 12.5 Å². The van der Waals surface area contributed by atoms with Crippen molar-refractivity contribution >= 4 is 5.91 Å². The zero-order valence-electron chi connectivity index (χ0n) is 15.8. The summed E-state index contributed by atoms with van der Waals surface area (Å²) in [5, 5.41) is 3.35. The zero-order chi connectivity index (χ0) is 17.1. The van der Waals surface area contributed by atoms with Gasteiger partial charge >= 0.3 is 0 Å². The molecule has 134 valence electrons. The average Bonchev–Trinajstić information content (AvgIpc) is 2.46. The maximum Gasteiger partial charge on any atom is 0.217 e. The van der Waals surface area contributed by atoms with E-state index in [0.717, 1.165) is 19.4 Å². The van der Waals surface area contributed by atoms with Crippen molar-refractivity contribution in [1.82, 2.24) is 5.32 Å². The maximum atomic E-state index is 10.4. The van der Waals surface area contributed by atoms with E-state index in [-0.39, 0.29) is 5.91 Å². The minimum absolute atomic E-state index is 0.159. The Morgan fingerprint density at radius 1 is 0.864 bits per heavy atom. The van der Waals surface area contributed by atoms with Crippen LogP contribution in [0.3, 0.4) is 0 Å². The number of hydrogen-bond donors (Lipinski definition) is 2. The fourth-order valence-electron chi connectivity index (χ4n) is 2.49. The van der Waals surface area contributed by atoms with Crippen molar-refractivity contribution in [3.63, 3.8) is 0 Å². The van der Waals surface area contributed by atoms with E-state index in [2.05, 4.69) is 33.0 Å². The monoisotopic (exact) mass is 314 g/mol. The smallest absolute Gasteiger partial charge is 0.217 e. The lowest BCUT2D eigenvalue weighted by atomic mass is 10.1. The fourth-order valence-corrected chi connectivity index (χ4v) is 2.49. The van der Waals surface area contributed by atoms with Crippen LogP contribution >= 0.6 is 0 Å². The van der Waals surface area contributed by atoms with E-state index < -0.39 is 0 Å². The normalized spacial score (nSPS) is 11.6. The van der Waals surface area contributed by atoms with E-state index in [4.69, 9.17) is 5.73 Å². The van der Waals surface area contributed by atoms with Gasteiger partial charge in [0.05, 0.1) is 0 Å². The summed E-state index contributed by atoms with van der Waals surface area (Å²) in [4.78, 5) is 10.4. The van der Waals surface area contributed by atoms with E-state index >= 15 is 0 Å². The molecule has 0 bridgehead atoms. The van der Waals surface area contributed by atoms with E-state index in [0.29, 0.717) is 12.5 Å². The van der Waals surface area contributed by atoms with Crippen molar-refractivity contribution < 1.29 is 4.79 Å². The highest BCUT2D eigenvalue weighted by molar-refractivity contribution is 5.73. The first-order chi connectivity index (χ1) is 10.6. The number of carbonyl (C=O) groups excluding carboxylic acids is 1. The van der Waals surface area contributed by atoms with Gasteiger partial charge in [-0.1, -0.05) is 78.6 Å². The van der Waals surface area contributed by atoms with E-state index in [9.17, 15) is 4.79 Å². The molecule has 3 nitrogen and oxygen atoms in total. The number of amides is 1. The van der Waals surface area contributed by atoms with Gasteiger partial charge in [-0.3, -0.25) is 4.79 Å². The number of rotatable bonds is 14. The minimum Gasteiger partial charge on any atom is -0.370 e. The fraction of sp³-hybridized carbons (Fsp3) is 0.947. The third kappa shape index (κ3) is 24.4. The number of primary amides is 1. The van der Waals surface area contributed by atoms with Gasteiger partial charge in [0.25, 0.3) is 0 Å². The molecule has 0 radical (unpaired) electrons. The number of nitrogens with one attached hydrogen (secondary N) is 1. The first kappa shape index (κ1) is 23.7. The molecule has 22 heavy (non-hydrogen) atoms. The van der Waals surface area contributed by atoms with Crippen LogP contribution in [0.1, 0.15) is 105 Å². The molecule has 0 aliphatic carbocycles. The summed E-state index contributed by atoms with van der Waals surface area (Å²) >= 11 is 0. The van der Waals surface area contributed by atoms with Crippen LogP contribution in [0.2, 0.25) is 0 Å². The third-order valence-corrected chi connectivity index (χ3v) is 3.80. The molecule has 3 heteroatoms. The van der Waals surface area contributed by atoms with Crippen LogP contribution < -0.4 is 11.1 Å². The second kappa shape index (κ2) is 20.4. The largest absolute Gasteiger partial charge is 0.370 e. The van der Waals surface area contributed by atoms with E-state index in [1.807, 2.05) is 0 Å². The Labute approximate surface area is 139 Å². The Morgan fingerprint density at radius 2 is 1.36 bits per heavy atom. The summed E-state index contributed by atoms with van der Waals surface area (Å²) in [7, 11) is 0. The summed E-state index contributed by atoms with van der Waals surface area (Å²) in [6.07, 6.45) is 14.7. The Balaban J connectivity index is 0. The summed E-state index contributed by atoms with van der Waals surface area (Å²) in [5.41, 5.74) is 5.05. The molecule has 1 amide bonds. The zero-order valence-corrected chi connectivity index (χ0v) is 15.8. The van der Waals surface area contributed by atoms with Crippen LogP contribution in [-0.2, 0) is 4.79 Å². The van der Waals surface area contributed by atoms with E-state index in [1.54, 1.807) is 0 Å². The predicted molar refractivity (Wildman–Crippen MR) is 99.1 cm³/mol. The lowest BCUT2D eigenvalue weighted by Crippen LogP contribution is -2.24. The molecule has 0 heterocycles. The Morgan fingerprint density at radius 3 is 1.77 bits per heavy atom. The maximum absolute atomic E-state index is 10.4. The Bertz CT molecular complexity index is 213. The number of nitrogens with two attached hydrogens (primary N) is 1. The van der Waals surface area contributed by atoms with Crippen molar-refractivity contribution in [3.05, 3.63) is 0 Å². The molecular formula is C19H42N2O. The van der Waals surface area contributed by atoms with Crippen LogP contribution in [0.15, 0.2) is 0 Å². The van der Waals surface area contributed by atoms with Crippen LogP contribution in [-0.4, -0.2) is 18.5 Å².